The molecule has 1 aromatic heterocycles. The van der Waals surface area contributed by atoms with E-state index in [1.807, 2.05) is 31.7 Å². The first kappa shape index (κ1) is 19.5. The third kappa shape index (κ3) is 3.31. The van der Waals surface area contributed by atoms with Crippen LogP contribution in [0.15, 0.2) is 12.4 Å². The van der Waals surface area contributed by atoms with Crippen molar-refractivity contribution in [2.45, 2.75) is 60.5 Å². The van der Waals surface area contributed by atoms with Crippen molar-refractivity contribution in [3.8, 4) is 0 Å². The lowest BCUT2D eigenvalue weighted by Gasteiger charge is -2.42. The van der Waals surface area contributed by atoms with Gasteiger partial charge in [0.15, 0.2) is 0 Å². The summed E-state index contributed by atoms with van der Waals surface area (Å²) in [7, 11) is 1.83. The van der Waals surface area contributed by atoms with Crippen LogP contribution in [0.1, 0.15) is 53.3 Å². The Labute approximate surface area is 151 Å². The van der Waals surface area contributed by atoms with E-state index in [0.717, 1.165) is 25.2 Å². The van der Waals surface area contributed by atoms with Crippen molar-refractivity contribution in [2.75, 3.05) is 13.6 Å². The topological polar surface area (TPSA) is 67.2 Å². The molecule has 0 aromatic carbocycles. The Morgan fingerprint density at radius 2 is 2.04 bits per heavy atom. The fourth-order valence-corrected chi connectivity index (χ4v) is 4.12. The van der Waals surface area contributed by atoms with E-state index >= 15 is 0 Å². The fourth-order valence-electron chi connectivity index (χ4n) is 4.12. The van der Waals surface area contributed by atoms with Gasteiger partial charge in [0.25, 0.3) is 0 Å². The molecule has 1 saturated carbocycles. The number of hydrogen-bond acceptors (Lipinski definition) is 3. The lowest BCUT2D eigenvalue weighted by atomic mass is 9.64. The molecule has 1 aliphatic carbocycles. The Morgan fingerprint density at radius 1 is 1.36 bits per heavy atom. The van der Waals surface area contributed by atoms with Crippen LogP contribution in [0.2, 0.25) is 0 Å². The molecular weight excluding hydrogens is 316 g/mol. The SMILES string of the molecule is CCNC(=O)[C@H]1CC[C@@](C)(C(=O)N(C)Cc2nccn2CC)C1(C)C. The van der Waals surface area contributed by atoms with Gasteiger partial charge in [-0.3, -0.25) is 9.59 Å². The molecule has 2 atom stereocenters. The Balaban J connectivity index is 2.18. The summed E-state index contributed by atoms with van der Waals surface area (Å²) in [5.41, 5.74) is -0.946. The second kappa shape index (κ2) is 7.18. The monoisotopic (exact) mass is 348 g/mol. The van der Waals surface area contributed by atoms with Crippen LogP contribution in [-0.4, -0.2) is 39.9 Å². The minimum Gasteiger partial charge on any atom is -0.356 e. The summed E-state index contributed by atoms with van der Waals surface area (Å²) >= 11 is 0. The molecule has 0 radical (unpaired) electrons. The predicted molar refractivity (Wildman–Crippen MR) is 97.7 cm³/mol. The summed E-state index contributed by atoms with van der Waals surface area (Å²) in [6, 6.07) is 0. The molecule has 1 heterocycles. The molecule has 6 nitrogen and oxygen atoms in total. The zero-order chi connectivity index (χ0) is 18.8. The maximum Gasteiger partial charge on any atom is 0.229 e. The van der Waals surface area contributed by atoms with E-state index in [9.17, 15) is 9.59 Å². The molecule has 0 bridgehead atoms. The van der Waals surface area contributed by atoms with Crippen molar-refractivity contribution >= 4 is 11.8 Å². The number of hydrogen-bond donors (Lipinski definition) is 1. The van der Waals surface area contributed by atoms with Crippen LogP contribution in [-0.2, 0) is 22.7 Å². The lowest BCUT2D eigenvalue weighted by molar-refractivity contribution is -0.148. The highest BCUT2D eigenvalue weighted by Gasteiger charge is 2.58. The second-order valence-electron chi connectivity index (χ2n) is 7.83. The fraction of sp³-hybridized carbons (Fsp3) is 0.737. The maximum atomic E-state index is 13.3. The number of carbonyl (C=O) groups is 2. The van der Waals surface area contributed by atoms with Crippen LogP contribution in [0.4, 0.5) is 0 Å². The molecule has 25 heavy (non-hydrogen) atoms. The number of aromatic nitrogens is 2. The van der Waals surface area contributed by atoms with E-state index in [-0.39, 0.29) is 17.7 Å². The molecule has 0 spiro atoms. The molecule has 140 valence electrons. The van der Waals surface area contributed by atoms with Crippen molar-refractivity contribution in [3.05, 3.63) is 18.2 Å². The van der Waals surface area contributed by atoms with Crippen LogP contribution in [0.5, 0.6) is 0 Å². The van der Waals surface area contributed by atoms with Gasteiger partial charge in [-0.15, -0.1) is 0 Å². The Bertz CT molecular complexity index is 637. The van der Waals surface area contributed by atoms with Gasteiger partial charge in [-0.05, 0) is 32.1 Å². The van der Waals surface area contributed by atoms with E-state index < -0.39 is 10.8 Å². The summed E-state index contributed by atoms with van der Waals surface area (Å²) < 4.78 is 2.05. The van der Waals surface area contributed by atoms with Gasteiger partial charge in [-0.2, -0.15) is 0 Å². The zero-order valence-corrected chi connectivity index (χ0v) is 16.4. The summed E-state index contributed by atoms with van der Waals surface area (Å²) in [5, 5.41) is 2.92. The largest absolute Gasteiger partial charge is 0.356 e. The van der Waals surface area contributed by atoms with Gasteiger partial charge < -0.3 is 14.8 Å². The number of aryl methyl sites for hydroxylation is 1. The number of nitrogens with zero attached hydrogens (tertiary/aromatic N) is 3. The van der Waals surface area contributed by atoms with E-state index in [0.29, 0.717) is 13.1 Å². The van der Waals surface area contributed by atoms with Gasteiger partial charge in [-0.1, -0.05) is 20.8 Å². The van der Waals surface area contributed by atoms with Crippen LogP contribution >= 0.6 is 0 Å². The average Bonchev–Trinajstić information content (AvgIpc) is 3.09. The lowest BCUT2D eigenvalue weighted by Crippen LogP contribution is -2.49. The molecule has 1 N–H and O–H groups in total. The normalized spacial score (nSPS) is 25.0. The van der Waals surface area contributed by atoms with Crippen molar-refractivity contribution in [2.24, 2.45) is 16.7 Å². The number of carbonyl (C=O) groups excluding carboxylic acids is 2. The summed E-state index contributed by atoms with van der Waals surface area (Å²) in [4.78, 5) is 31.9. The quantitative estimate of drug-likeness (QED) is 0.858. The van der Waals surface area contributed by atoms with Gasteiger partial charge in [0.1, 0.15) is 5.82 Å². The van der Waals surface area contributed by atoms with Crippen molar-refractivity contribution < 1.29 is 9.59 Å². The van der Waals surface area contributed by atoms with Crippen LogP contribution in [0, 0.1) is 16.7 Å². The van der Waals surface area contributed by atoms with Crippen LogP contribution in [0.3, 0.4) is 0 Å². The van der Waals surface area contributed by atoms with Crippen molar-refractivity contribution in [1.82, 2.24) is 19.8 Å². The zero-order valence-electron chi connectivity index (χ0n) is 16.4. The van der Waals surface area contributed by atoms with Crippen LogP contribution < -0.4 is 5.32 Å². The smallest absolute Gasteiger partial charge is 0.229 e. The van der Waals surface area contributed by atoms with Gasteiger partial charge in [0.2, 0.25) is 11.8 Å². The molecule has 0 unspecified atom stereocenters. The number of nitrogens with one attached hydrogen (secondary N) is 1. The molecule has 6 heteroatoms. The molecular formula is C19H32N4O2. The van der Waals surface area contributed by atoms with Gasteiger partial charge in [0, 0.05) is 38.4 Å². The van der Waals surface area contributed by atoms with E-state index in [1.54, 1.807) is 11.1 Å². The Kier molecular flexibility index (Phi) is 5.59. The minimum absolute atomic E-state index is 0.0632. The van der Waals surface area contributed by atoms with Gasteiger partial charge >= 0.3 is 0 Å². The first-order valence-electron chi connectivity index (χ1n) is 9.22. The molecule has 0 saturated heterocycles. The molecule has 2 rings (SSSR count). The third-order valence-corrected chi connectivity index (χ3v) is 6.23. The average molecular weight is 348 g/mol. The standard InChI is InChI=1S/C19H32N4O2/c1-7-20-16(24)14-9-10-19(5,18(14,3)4)17(25)22(6)13-15-21-11-12-23(15)8-2/h11-12,14H,7-10,13H2,1-6H3,(H,20,24)/t14-,19+/m1/s1. The van der Waals surface area contributed by atoms with Crippen molar-refractivity contribution in [1.29, 1.82) is 0 Å². The van der Waals surface area contributed by atoms with Crippen molar-refractivity contribution in [3.63, 3.8) is 0 Å². The predicted octanol–water partition coefficient (Wildman–Crippen LogP) is 2.44. The number of imidazole rings is 1. The van der Waals surface area contributed by atoms with Gasteiger partial charge in [-0.25, -0.2) is 4.98 Å². The Hall–Kier alpha value is -1.85. The first-order valence-corrected chi connectivity index (χ1v) is 9.22. The Morgan fingerprint density at radius 3 is 2.64 bits per heavy atom. The van der Waals surface area contributed by atoms with Gasteiger partial charge in [0.05, 0.1) is 12.0 Å². The molecule has 2 amide bonds. The molecule has 1 aliphatic rings. The highest BCUT2D eigenvalue weighted by Crippen LogP contribution is 2.56. The number of rotatable bonds is 6. The highest BCUT2D eigenvalue weighted by atomic mass is 16.2. The maximum absolute atomic E-state index is 13.3. The van der Waals surface area contributed by atoms with Crippen LogP contribution in [0.25, 0.3) is 0 Å². The highest BCUT2D eigenvalue weighted by molar-refractivity contribution is 5.87. The summed E-state index contributed by atoms with van der Waals surface area (Å²) in [6.45, 7) is 12.0. The first-order chi connectivity index (χ1) is 11.7. The van der Waals surface area contributed by atoms with E-state index in [4.69, 9.17) is 0 Å². The molecule has 1 aromatic rings. The molecule has 0 aliphatic heterocycles. The molecule has 1 fully saturated rings. The second-order valence-corrected chi connectivity index (χ2v) is 7.83. The van der Waals surface area contributed by atoms with E-state index in [2.05, 4.69) is 31.1 Å². The summed E-state index contributed by atoms with van der Waals surface area (Å²) in [5.74, 6) is 0.911. The minimum atomic E-state index is -0.554. The summed E-state index contributed by atoms with van der Waals surface area (Å²) in [6.07, 6.45) is 5.18. The number of amides is 2. The third-order valence-electron chi connectivity index (χ3n) is 6.23. The van der Waals surface area contributed by atoms with E-state index in [1.165, 1.54) is 0 Å².